The number of benzene rings is 1. The Labute approximate surface area is 161 Å². The zero-order valence-corrected chi connectivity index (χ0v) is 15.9. The maximum atomic E-state index is 12.3. The van der Waals surface area contributed by atoms with E-state index in [-0.39, 0.29) is 30.8 Å². The van der Waals surface area contributed by atoms with Crippen LogP contribution in [0, 0.1) is 0 Å². The van der Waals surface area contributed by atoms with Crippen molar-refractivity contribution in [2.75, 3.05) is 55.8 Å². The number of hydrogen-bond donors (Lipinski definition) is 1. The summed E-state index contributed by atoms with van der Waals surface area (Å²) in [5.41, 5.74) is 1.09. The van der Waals surface area contributed by atoms with Crippen LogP contribution in [0.15, 0.2) is 24.3 Å². The molecule has 3 amide bonds. The van der Waals surface area contributed by atoms with Gasteiger partial charge in [0.25, 0.3) is 0 Å². The lowest BCUT2D eigenvalue weighted by Gasteiger charge is -2.36. The second kappa shape index (κ2) is 8.64. The number of thioether (sulfide) groups is 1. The second-order valence-electron chi connectivity index (χ2n) is 6.19. The molecule has 3 rings (SSSR count). The quantitative estimate of drug-likeness (QED) is 0.790. The van der Waals surface area contributed by atoms with E-state index in [9.17, 15) is 14.4 Å². The van der Waals surface area contributed by atoms with Crippen molar-refractivity contribution in [2.45, 2.75) is 0 Å². The van der Waals surface area contributed by atoms with Crippen LogP contribution in [0.25, 0.3) is 0 Å². The van der Waals surface area contributed by atoms with Gasteiger partial charge in [0.1, 0.15) is 6.54 Å². The van der Waals surface area contributed by atoms with Gasteiger partial charge in [0.2, 0.25) is 17.7 Å². The number of nitrogens with zero attached hydrogens (tertiary/aromatic N) is 3. The largest absolute Gasteiger partial charge is 0.368 e. The minimum atomic E-state index is -0.297. The number of anilines is 1. The van der Waals surface area contributed by atoms with Crippen LogP contribution in [-0.4, -0.2) is 78.4 Å². The van der Waals surface area contributed by atoms with Crippen molar-refractivity contribution in [2.24, 2.45) is 0 Å². The standard InChI is InChI=1S/C17H21ClN4O3S/c18-13-1-3-14(4-2-13)20-5-7-21(8-6-20)16(24)9-19-15(23)10-22-12-26-11-17(22)25/h1-4H,5-12H2,(H,19,23). The molecule has 2 aliphatic heterocycles. The Hall–Kier alpha value is -1.93. The molecular formula is C17H21ClN4O3S. The molecule has 0 aliphatic carbocycles. The van der Waals surface area contributed by atoms with Crippen LogP contribution in [0.1, 0.15) is 0 Å². The number of carbonyl (C=O) groups is 3. The maximum absolute atomic E-state index is 12.3. The van der Waals surface area contributed by atoms with Crippen molar-refractivity contribution in [3.8, 4) is 0 Å². The molecule has 0 spiro atoms. The second-order valence-corrected chi connectivity index (χ2v) is 7.58. The summed E-state index contributed by atoms with van der Waals surface area (Å²) in [5, 5.41) is 3.32. The van der Waals surface area contributed by atoms with Gasteiger partial charge in [-0.1, -0.05) is 11.6 Å². The van der Waals surface area contributed by atoms with Gasteiger partial charge >= 0.3 is 0 Å². The molecule has 0 radical (unpaired) electrons. The van der Waals surface area contributed by atoms with Crippen molar-refractivity contribution in [1.29, 1.82) is 0 Å². The summed E-state index contributed by atoms with van der Waals surface area (Å²) in [4.78, 5) is 41.1. The molecule has 1 N–H and O–H groups in total. The molecule has 26 heavy (non-hydrogen) atoms. The highest BCUT2D eigenvalue weighted by Crippen LogP contribution is 2.19. The highest BCUT2D eigenvalue weighted by atomic mass is 35.5. The van der Waals surface area contributed by atoms with E-state index in [1.165, 1.54) is 16.7 Å². The lowest BCUT2D eigenvalue weighted by Crippen LogP contribution is -2.51. The van der Waals surface area contributed by atoms with Crippen molar-refractivity contribution < 1.29 is 14.4 Å². The molecule has 0 atom stereocenters. The average molecular weight is 397 g/mol. The lowest BCUT2D eigenvalue weighted by atomic mass is 10.2. The Bertz CT molecular complexity index is 677. The number of nitrogens with one attached hydrogen (secondary N) is 1. The fourth-order valence-electron chi connectivity index (χ4n) is 2.92. The molecule has 140 valence electrons. The summed E-state index contributed by atoms with van der Waals surface area (Å²) in [6.45, 7) is 2.68. The van der Waals surface area contributed by atoms with E-state index in [4.69, 9.17) is 11.6 Å². The normalized spacial score (nSPS) is 17.6. The summed E-state index contributed by atoms with van der Waals surface area (Å²) in [6.07, 6.45) is 0. The molecule has 7 nitrogen and oxygen atoms in total. The van der Waals surface area contributed by atoms with Crippen LogP contribution in [-0.2, 0) is 14.4 Å². The highest BCUT2D eigenvalue weighted by molar-refractivity contribution is 8.00. The Balaban J connectivity index is 1.40. The van der Waals surface area contributed by atoms with Crippen molar-refractivity contribution in [3.63, 3.8) is 0 Å². The Morgan fingerprint density at radius 1 is 1.12 bits per heavy atom. The van der Waals surface area contributed by atoms with Crippen LogP contribution in [0.4, 0.5) is 5.69 Å². The van der Waals surface area contributed by atoms with Gasteiger partial charge in [0, 0.05) is 36.9 Å². The van der Waals surface area contributed by atoms with E-state index >= 15 is 0 Å². The number of hydrogen-bond acceptors (Lipinski definition) is 5. The Kier molecular flexibility index (Phi) is 6.26. The molecular weight excluding hydrogens is 376 g/mol. The lowest BCUT2D eigenvalue weighted by molar-refractivity contribution is -0.135. The molecule has 9 heteroatoms. The summed E-state index contributed by atoms with van der Waals surface area (Å²) >= 11 is 7.40. The highest BCUT2D eigenvalue weighted by Gasteiger charge is 2.24. The molecule has 2 aliphatic rings. The third-order valence-corrected chi connectivity index (χ3v) is 5.62. The zero-order chi connectivity index (χ0) is 18.5. The summed E-state index contributed by atoms with van der Waals surface area (Å²) < 4.78 is 0. The van der Waals surface area contributed by atoms with Crippen LogP contribution in [0.3, 0.4) is 0 Å². The van der Waals surface area contributed by atoms with E-state index in [0.29, 0.717) is 29.7 Å². The van der Waals surface area contributed by atoms with Crippen LogP contribution < -0.4 is 10.2 Å². The predicted molar refractivity (Wildman–Crippen MR) is 102 cm³/mol. The maximum Gasteiger partial charge on any atom is 0.242 e. The van der Waals surface area contributed by atoms with E-state index in [2.05, 4.69) is 10.2 Å². The number of carbonyl (C=O) groups excluding carboxylic acids is 3. The first-order chi connectivity index (χ1) is 12.5. The van der Waals surface area contributed by atoms with Gasteiger partial charge in [-0.25, -0.2) is 0 Å². The van der Waals surface area contributed by atoms with E-state index in [1.807, 2.05) is 24.3 Å². The fourth-order valence-corrected chi connectivity index (χ4v) is 3.95. The molecule has 1 aromatic rings. The predicted octanol–water partition coefficient (Wildman–Crippen LogP) is 0.638. The number of rotatable bonds is 5. The molecule has 2 fully saturated rings. The first-order valence-electron chi connectivity index (χ1n) is 8.43. The fraction of sp³-hybridized carbons (Fsp3) is 0.471. The van der Waals surface area contributed by atoms with Gasteiger partial charge < -0.3 is 20.0 Å². The molecule has 2 saturated heterocycles. The van der Waals surface area contributed by atoms with E-state index in [0.717, 1.165) is 18.8 Å². The van der Waals surface area contributed by atoms with Crippen molar-refractivity contribution >= 4 is 46.8 Å². The first kappa shape index (κ1) is 18.8. The SMILES string of the molecule is O=C(CN1CSCC1=O)NCC(=O)N1CCN(c2ccc(Cl)cc2)CC1. The zero-order valence-electron chi connectivity index (χ0n) is 14.3. The summed E-state index contributed by atoms with van der Waals surface area (Å²) in [6, 6.07) is 7.65. The summed E-state index contributed by atoms with van der Waals surface area (Å²) in [7, 11) is 0. The van der Waals surface area contributed by atoms with Crippen molar-refractivity contribution in [3.05, 3.63) is 29.3 Å². The minimum Gasteiger partial charge on any atom is -0.368 e. The van der Waals surface area contributed by atoms with Crippen LogP contribution in [0.2, 0.25) is 5.02 Å². The molecule has 1 aromatic carbocycles. The average Bonchev–Trinajstić information content (AvgIpc) is 3.05. The third kappa shape index (κ3) is 4.82. The topological polar surface area (TPSA) is 73.0 Å². The Morgan fingerprint density at radius 3 is 2.42 bits per heavy atom. The van der Waals surface area contributed by atoms with Gasteiger partial charge in [-0.3, -0.25) is 14.4 Å². The molecule has 0 unspecified atom stereocenters. The first-order valence-corrected chi connectivity index (χ1v) is 9.97. The van der Waals surface area contributed by atoms with E-state index in [1.54, 1.807) is 4.90 Å². The molecule has 0 saturated carbocycles. The number of amides is 3. The smallest absolute Gasteiger partial charge is 0.242 e. The van der Waals surface area contributed by atoms with Gasteiger partial charge in [-0.05, 0) is 24.3 Å². The van der Waals surface area contributed by atoms with Crippen molar-refractivity contribution in [1.82, 2.24) is 15.1 Å². The Morgan fingerprint density at radius 2 is 1.81 bits per heavy atom. The monoisotopic (exact) mass is 396 g/mol. The van der Waals surface area contributed by atoms with Gasteiger partial charge in [-0.15, -0.1) is 11.8 Å². The number of halogens is 1. The minimum absolute atomic E-state index is 0.0173. The van der Waals surface area contributed by atoms with E-state index < -0.39 is 0 Å². The summed E-state index contributed by atoms with van der Waals surface area (Å²) in [5.74, 6) is 0.525. The van der Waals surface area contributed by atoms with Gasteiger partial charge in [0.15, 0.2) is 0 Å². The molecule has 2 heterocycles. The van der Waals surface area contributed by atoms with Crippen LogP contribution in [0.5, 0.6) is 0 Å². The van der Waals surface area contributed by atoms with Gasteiger partial charge in [-0.2, -0.15) is 0 Å². The molecule has 0 aromatic heterocycles. The molecule has 0 bridgehead atoms. The van der Waals surface area contributed by atoms with Gasteiger partial charge in [0.05, 0.1) is 18.2 Å². The van der Waals surface area contributed by atoms with Crippen LogP contribution >= 0.6 is 23.4 Å². The third-order valence-electron chi connectivity index (χ3n) is 4.42. The number of piperazine rings is 1.